The summed E-state index contributed by atoms with van der Waals surface area (Å²) in [4.78, 5) is 0. The minimum absolute atomic E-state index is 0.526. The molecule has 0 spiro atoms. The molecule has 0 aliphatic carbocycles. The summed E-state index contributed by atoms with van der Waals surface area (Å²) in [6.07, 6.45) is -0.682. The fourth-order valence-corrected chi connectivity index (χ4v) is 2.20. The van der Waals surface area contributed by atoms with Gasteiger partial charge in [0, 0.05) is 7.11 Å². The van der Waals surface area contributed by atoms with Gasteiger partial charge in [-0.15, -0.1) is 0 Å². The highest BCUT2D eigenvalue weighted by Gasteiger charge is 2.15. The first-order chi connectivity index (χ1) is 10.2. The van der Waals surface area contributed by atoms with E-state index < -0.39 is 6.10 Å². The van der Waals surface area contributed by atoms with Gasteiger partial charge in [0.15, 0.2) is 0 Å². The van der Waals surface area contributed by atoms with Gasteiger partial charge in [0.2, 0.25) is 0 Å². The molecule has 2 aromatic carbocycles. The van der Waals surface area contributed by atoms with Crippen molar-refractivity contribution in [3.8, 4) is 17.2 Å². The standard InChI is InChI=1S/C17H20O4/c1-12(18)17-15(20-3)8-5-9-16(17)21-14-7-4-6-13(10-14)11-19-2/h4-10,12,18H,11H2,1-3H3/t12-/m0/s1. The molecule has 1 atom stereocenters. The number of hydrogen-bond acceptors (Lipinski definition) is 4. The highest BCUT2D eigenvalue weighted by Crippen LogP contribution is 2.36. The lowest BCUT2D eigenvalue weighted by atomic mass is 10.1. The van der Waals surface area contributed by atoms with Gasteiger partial charge in [0.1, 0.15) is 17.2 Å². The van der Waals surface area contributed by atoms with Gasteiger partial charge in [0.05, 0.1) is 25.4 Å². The number of benzene rings is 2. The van der Waals surface area contributed by atoms with Crippen LogP contribution in [0.5, 0.6) is 17.2 Å². The summed E-state index contributed by atoms with van der Waals surface area (Å²) in [7, 11) is 3.23. The molecule has 0 saturated heterocycles. The zero-order valence-electron chi connectivity index (χ0n) is 12.5. The zero-order chi connectivity index (χ0) is 15.2. The van der Waals surface area contributed by atoms with Gasteiger partial charge in [-0.25, -0.2) is 0 Å². The molecule has 0 heterocycles. The average molecular weight is 288 g/mol. The summed E-state index contributed by atoms with van der Waals surface area (Å²) in [5.74, 6) is 1.88. The Kier molecular flexibility index (Phi) is 5.20. The minimum atomic E-state index is -0.682. The topological polar surface area (TPSA) is 47.9 Å². The molecule has 1 N–H and O–H groups in total. The monoisotopic (exact) mass is 288 g/mol. The van der Waals surface area contributed by atoms with Gasteiger partial charge in [-0.2, -0.15) is 0 Å². The van der Waals surface area contributed by atoms with E-state index in [0.717, 1.165) is 5.56 Å². The maximum absolute atomic E-state index is 9.95. The smallest absolute Gasteiger partial charge is 0.136 e. The Hall–Kier alpha value is -2.04. The van der Waals surface area contributed by atoms with Crippen LogP contribution in [0.3, 0.4) is 0 Å². The molecule has 112 valence electrons. The van der Waals surface area contributed by atoms with Gasteiger partial charge in [-0.1, -0.05) is 18.2 Å². The molecule has 21 heavy (non-hydrogen) atoms. The molecule has 0 saturated carbocycles. The third-order valence-electron chi connectivity index (χ3n) is 3.10. The Labute approximate surface area is 124 Å². The van der Waals surface area contributed by atoms with E-state index in [1.165, 1.54) is 0 Å². The molecule has 0 aromatic heterocycles. The molecule has 0 aliphatic heterocycles. The van der Waals surface area contributed by atoms with Gasteiger partial charge >= 0.3 is 0 Å². The average Bonchev–Trinajstić information content (AvgIpc) is 2.47. The van der Waals surface area contributed by atoms with Crippen LogP contribution in [0.25, 0.3) is 0 Å². The van der Waals surface area contributed by atoms with Crippen LogP contribution in [0.4, 0.5) is 0 Å². The van der Waals surface area contributed by atoms with Crippen LogP contribution in [-0.2, 0) is 11.3 Å². The minimum Gasteiger partial charge on any atom is -0.496 e. The number of aliphatic hydroxyl groups excluding tert-OH is 1. The molecular weight excluding hydrogens is 268 g/mol. The lowest BCUT2D eigenvalue weighted by Crippen LogP contribution is -2.00. The van der Waals surface area contributed by atoms with Crippen LogP contribution in [-0.4, -0.2) is 19.3 Å². The quantitative estimate of drug-likeness (QED) is 0.880. The van der Waals surface area contributed by atoms with Crippen LogP contribution < -0.4 is 9.47 Å². The van der Waals surface area contributed by atoms with E-state index in [1.54, 1.807) is 27.2 Å². The molecule has 2 rings (SSSR count). The van der Waals surface area contributed by atoms with Gasteiger partial charge in [0.25, 0.3) is 0 Å². The van der Waals surface area contributed by atoms with E-state index >= 15 is 0 Å². The fourth-order valence-electron chi connectivity index (χ4n) is 2.20. The summed E-state index contributed by atoms with van der Waals surface area (Å²) in [5, 5.41) is 9.95. The maximum Gasteiger partial charge on any atom is 0.136 e. The second kappa shape index (κ2) is 7.11. The van der Waals surface area contributed by atoms with E-state index in [1.807, 2.05) is 36.4 Å². The first-order valence-corrected chi connectivity index (χ1v) is 6.76. The van der Waals surface area contributed by atoms with Crippen LogP contribution >= 0.6 is 0 Å². The number of ether oxygens (including phenoxy) is 3. The molecule has 0 fully saturated rings. The summed E-state index contributed by atoms with van der Waals surface area (Å²) >= 11 is 0. The van der Waals surface area contributed by atoms with Crippen molar-refractivity contribution >= 4 is 0 Å². The first-order valence-electron chi connectivity index (χ1n) is 6.76. The van der Waals surface area contributed by atoms with Crippen molar-refractivity contribution in [3.05, 3.63) is 53.6 Å². The van der Waals surface area contributed by atoms with Crippen molar-refractivity contribution in [2.45, 2.75) is 19.6 Å². The Morgan fingerprint density at radius 1 is 1.05 bits per heavy atom. The normalized spacial score (nSPS) is 12.0. The molecule has 0 radical (unpaired) electrons. The van der Waals surface area contributed by atoms with Gasteiger partial charge < -0.3 is 19.3 Å². The summed E-state index contributed by atoms with van der Waals surface area (Å²) in [6, 6.07) is 13.1. The van der Waals surface area contributed by atoms with Crippen molar-refractivity contribution in [1.82, 2.24) is 0 Å². The third-order valence-corrected chi connectivity index (χ3v) is 3.10. The highest BCUT2D eigenvalue weighted by atomic mass is 16.5. The van der Waals surface area contributed by atoms with E-state index in [2.05, 4.69) is 0 Å². The van der Waals surface area contributed by atoms with E-state index in [0.29, 0.717) is 29.4 Å². The Morgan fingerprint density at radius 3 is 2.43 bits per heavy atom. The predicted molar refractivity (Wildman–Crippen MR) is 80.9 cm³/mol. The predicted octanol–water partition coefficient (Wildman–Crippen LogP) is 3.69. The number of aliphatic hydroxyl groups is 1. The van der Waals surface area contributed by atoms with Crippen molar-refractivity contribution in [1.29, 1.82) is 0 Å². The third kappa shape index (κ3) is 3.74. The summed E-state index contributed by atoms with van der Waals surface area (Å²) in [5.41, 5.74) is 1.66. The van der Waals surface area contributed by atoms with Crippen LogP contribution in [0.2, 0.25) is 0 Å². The Bertz CT molecular complexity index is 593. The Balaban J connectivity index is 2.33. The molecule has 0 aliphatic rings. The lowest BCUT2D eigenvalue weighted by molar-refractivity contribution is 0.184. The fraction of sp³-hybridized carbons (Fsp3) is 0.294. The molecule has 0 unspecified atom stereocenters. The first kappa shape index (κ1) is 15.4. The van der Waals surface area contributed by atoms with Crippen molar-refractivity contribution in [3.63, 3.8) is 0 Å². The Morgan fingerprint density at radius 2 is 1.76 bits per heavy atom. The van der Waals surface area contributed by atoms with Crippen LogP contribution in [0.15, 0.2) is 42.5 Å². The van der Waals surface area contributed by atoms with E-state index in [-0.39, 0.29) is 0 Å². The molecular formula is C17H20O4. The lowest BCUT2D eigenvalue weighted by Gasteiger charge is -2.16. The molecule has 4 heteroatoms. The summed E-state index contributed by atoms with van der Waals surface area (Å²) in [6.45, 7) is 2.21. The molecule has 2 aromatic rings. The summed E-state index contributed by atoms with van der Waals surface area (Å²) < 4.78 is 16.3. The largest absolute Gasteiger partial charge is 0.496 e. The van der Waals surface area contributed by atoms with Crippen molar-refractivity contribution in [2.75, 3.05) is 14.2 Å². The second-order valence-corrected chi connectivity index (χ2v) is 4.73. The van der Waals surface area contributed by atoms with Crippen LogP contribution in [0.1, 0.15) is 24.2 Å². The van der Waals surface area contributed by atoms with Crippen molar-refractivity contribution < 1.29 is 19.3 Å². The highest BCUT2D eigenvalue weighted by molar-refractivity contribution is 5.48. The SMILES string of the molecule is COCc1cccc(Oc2cccc(OC)c2[C@H](C)O)c1. The van der Waals surface area contributed by atoms with Gasteiger partial charge in [-0.05, 0) is 36.8 Å². The number of hydrogen-bond donors (Lipinski definition) is 1. The maximum atomic E-state index is 9.95. The molecule has 0 amide bonds. The van der Waals surface area contributed by atoms with Gasteiger partial charge in [-0.3, -0.25) is 0 Å². The van der Waals surface area contributed by atoms with E-state index in [9.17, 15) is 5.11 Å². The number of rotatable bonds is 6. The zero-order valence-corrected chi connectivity index (χ0v) is 12.5. The van der Waals surface area contributed by atoms with Crippen molar-refractivity contribution in [2.24, 2.45) is 0 Å². The van der Waals surface area contributed by atoms with Crippen LogP contribution in [0, 0.1) is 0 Å². The molecule has 4 nitrogen and oxygen atoms in total. The number of methoxy groups -OCH3 is 2. The van der Waals surface area contributed by atoms with E-state index in [4.69, 9.17) is 14.2 Å². The second-order valence-electron chi connectivity index (χ2n) is 4.73. The molecule has 0 bridgehead atoms.